The number of amides is 1. The van der Waals surface area contributed by atoms with Crippen molar-refractivity contribution in [1.29, 1.82) is 0 Å². The number of ether oxygens (including phenoxy) is 1. The van der Waals surface area contributed by atoms with Gasteiger partial charge in [-0.05, 0) is 31.2 Å². The summed E-state index contributed by atoms with van der Waals surface area (Å²) in [7, 11) is 0. The van der Waals surface area contributed by atoms with E-state index < -0.39 is 0 Å². The molecule has 0 unspecified atom stereocenters. The van der Waals surface area contributed by atoms with Gasteiger partial charge >= 0.3 is 0 Å². The van der Waals surface area contributed by atoms with Gasteiger partial charge in [0.2, 0.25) is 0 Å². The third-order valence-electron chi connectivity index (χ3n) is 2.95. The molecule has 21 heavy (non-hydrogen) atoms. The highest BCUT2D eigenvalue weighted by atomic mass is 16.5. The minimum atomic E-state index is -0.179. The third-order valence-corrected chi connectivity index (χ3v) is 2.95. The molecule has 2 aromatic rings. The monoisotopic (exact) mass is 283 g/mol. The zero-order chi connectivity index (χ0) is 15.1. The van der Waals surface area contributed by atoms with Gasteiger partial charge in [-0.3, -0.25) is 9.59 Å². The lowest BCUT2D eigenvalue weighted by atomic mass is 10.1. The summed E-state index contributed by atoms with van der Waals surface area (Å²) in [5, 5.41) is 2.77. The Kier molecular flexibility index (Phi) is 5.10. The van der Waals surface area contributed by atoms with Gasteiger partial charge in [-0.15, -0.1) is 0 Å². The standard InChI is InChI=1S/C17H17NO3/c1-13(19)14-7-9-15(10-8-14)17(20)18-11-12-21-16-5-3-2-4-6-16/h2-10H,11-12H2,1H3,(H,18,20). The lowest BCUT2D eigenvalue weighted by Crippen LogP contribution is -2.28. The normalized spacial score (nSPS) is 9.95. The van der Waals surface area contributed by atoms with E-state index in [1.807, 2.05) is 30.3 Å². The second-order valence-electron chi connectivity index (χ2n) is 4.55. The van der Waals surface area contributed by atoms with Crippen LogP contribution in [0.5, 0.6) is 5.75 Å². The number of hydrogen-bond donors (Lipinski definition) is 1. The van der Waals surface area contributed by atoms with Crippen LogP contribution < -0.4 is 10.1 Å². The molecule has 0 bridgehead atoms. The quantitative estimate of drug-likeness (QED) is 0.655. The van der Waals surface area contributed by atoms with Gasteiger partial charge in [0.05, 0.1) is 6.54 Å². The van der Waals surface area contributed by atoms with Crippen molar-refractivity contribution in [2.24, 2.45) is 0 Å². The Morgan fingerprint density at radius 2 is 1.57 bits per heavy atom. The van der Waals surface area contributed by atoms with Gasteiger partial charge in [-0.25, -0.2) is 0 Å². The molecule has 0 aromatic heterocycles. The second-order valence-corrected chi connectivity index (χ2v) is 4.55. The van der Waals surface area contributed by atoms with Crippen molar-refractivity contribution in [2.75, 3.05) is 13.2 Å². The van der Waals surface area contributed by atoms with Crippen molar-refractivity contribution in [1.82, 2.24) is 5.32 Å². The molecule has 0 aliphatic heterocycles. The van der Waals surface area contributed by atoms with E-state index >= 15 is 0 Å². The molecule has 0 radical (unpaired) electrons. The van der Waals surface area contributed by atoms with Crippen LogP contribution in [0.4, 0.5) is 0 Å². The number of para-hydroxylation sites is 1. The Morgan fingerprint density at radius 1 is 0.952 bits per heavy atom. The van der Waals surface area contributed by atoms with Crippen molar-refractivity contribution in [3.63, 3.8) is 0 Å². The van der Waals surface area contributed by atoms with Crippen LogP contribution in [0.2, 0.25) is 0 Å². The lowest BCUT2D eigenvalue weighted by Gasteiger charge is -2.08. The maximum atomic E-state index is 11.9. The number of hydrogen-bond acceptors (Lipinski definition) is 3. The van der Waals surface area contributed by atoms with Crippen molar-refractivity contribution in [3.05, 3.63) is 65.7 Å². The fourth-order valence-corrected chi connectivity index (χ4v) is 1.81. The molecule has 0 heterocycles. The SMILES string of the molecule is CC(=O)c1ccc(C(=O)NCCOc2ccccc2)cc1. The van der Waals surface area contributed by atoms with Crippen LogP contribution in [-0.2, 0) is 0 Å². The van der Waals surface area contributed by atoms with Gasteiger partial charge in [0.25, 0.3) is 5.91 Å². The Bertz CT molecular complexity index is 606. The van der Waals surface area contributed by atoms with E-state index in [1.54, 1.807) is 24.3 Å². The number of carbonyl (C=O) groups excluding carboxylic acids is 2. The van der Waals surface area contributed by atoms with E-state index in [-0.39, 0.29) is 11.7 Å². The molecule has 0 aliphatic carbocycles. The van der Waals surface area contributed by atoms with Crippen molar-refractivity contribution in [2.45, 2.75) is 6.92 Å². The van der Waals surface area contributed by atoms with Crippen LogP contribution in [0, 0.1) is 0 Å². The van der Waals surface area contributed by atoms with Crippen molar-refractivity contribution >= 4 is 11.7 Å². The molecule has 4 heteroatoms. The van der Waals surface area contributed by atoms with Crippen LogP contribution in [0.1, 0.15) is 27.6 Å². The summed E-state index contributed by atoms with van der Waals surface area (Å²) in [5.41, 5.74) is 1.12. The molecule has 2 aromatic carbocycles. The van der Waals surface area contributed by atoms with Gasteiger partial charge in [-0.1, -0.05) is 30.3 Å². The molecule has 1 N–H and O–H groups in total. The van der Waals surface area contributed by atoms with E-state index in [2.05, 4.69) is 5.32 Å². The molecule has 0 atom stereocenters. The maximum Gasteiger partial charge on any atom is 0.251 e. The second kappa shape index (κ2) is 7.24. The number of benzene rings is 2. The zero-order valence-corrected chi connectivity index (χ0v) is 11.8. The zero-order valence-electron chi connectivity index (χ0n) is 11.8. The lowest BCUT2D eigenvalue weighted by molar-refractivity contribution is 0.0945. The summed E-state index contributed by atoms with van der Waals surface area (Å²) in [4.78, 5) is 23.0. The summed E-state index contributed by atoms with van der Waals surface area (Å²) in [6.45, 7) is 2.32. The molecule has 4 nitrogen and oxygen atoms in total. The summed E-state index contributed by atoms with van der Waals surface area (Å²) < 4.78 is 5.48. The third kappa shape index (κ3) is 4.45. The fourth-order valence-electron chi connectivity index (χ4n) is 1.81. The minimum Gasteiger partial charge on any atom is -0.492 e. The molecule has 1 amide bonds. The molecule has 0 saturated carbocycles. The smallest absolute Gasteiger partial charge is 0.251 e. The van der Waals surface area contributed by atoms with Gasteiger partial charge in [-0.2, -0.15) is 0 Å². The predicted octanol–water partition coefficient (Wildman–Crippen LogP) is 2.70. The summed E-state index contributed by atoms with van der Waals surface area (Å²) >= 11 is 0. The van der Waals surface area contributed by atoms with E-state index in [9.17, 15) is 9.59 Å². The first-order valence-corrected chi connectivity index (χ1v) is 6.74. The van der Waals surface area contributed by atoms with Gasteiger partial charge < -0.3 is 10.1 Å². The number of nitrogens with one attached hydrogen (secondary N) is 1. The summed E-state index contributed by atoms with van der Waals surface area (Å²) in [6, 6.07) is 16.0. The minimum absolute atomic E-state index is 0.0155. The van der Waals surface area contributed by atoms with E-state index in [0.717, 1.165) is 5.75 Å². The number of rotatable bonds is 6. The van der Waals surface area contributed by atoms with E-state index in [1.165, 1.54) is 6.92 Å². The van der Waals surface area contributed by atoms with E-state index in [0.29, 0.717) is 24.3 Å². The highest BCUT2D eigenvalue weighted by Gasteiger charge is 2.06. The van der Waals surface area contributed by atoms with Crippen LogP contribution in [-0.4, -0.2) is 24.8 Å². The average Bonchev–Trinajstić information content (AvgIpc) is 2.52. The topological polar surface area (TPSA) is 55.4 Å². The molecule has 0 aliphatic rings. The maximum absolute atomic E-state index is 11.9. The van der Waals surface area contributed by atoms with E-state index in [4.69, 9.17) is 4.74 Å². The Hall–Kier alpha value is -2.62. The first-order valence-electron chi connectivity index (χ1n) is 6.74. The number of carbonyl (C=O) groups is 2. The molecule has 0 saturated heterocycles. The van der Waals surface area contributed by atoms with Crippen LogP contribution in [0.3, 0.4) is 0 Å². The van der Waals surface area contributed by atoms with Crippen molar-refractivity contribution < 1.29 is 14.3 Å². The molecular weight excluding hydrogens is 266 g/mol. The van der Waals surface area contributed by atoms with Crippen LogP contribution in [0.25, 0.3) is 0 Å². The average molecular weight is 283 g/mol. The van der Waals surface area contributed by atoms with Crippen molar-refractivity contribution in [3.8, 4) is 5.75 Å². The molecule has 0 spiro atoms. The molecule has 108 valence electrons. The predicted molar refractivity (Wildman–Crippen MR) is 80.7 cm³/mol. The molecule has 2 rings (SSSR count). The Balaban J connectivity index is 1.78. The van der Waals surface area contributed by atoms with Gasteiger partial charge in [0, 0.05) is 11.1 Å². The summed E-state index contributed by atoms with van der Waals surface area (Å²) in [5.74, 6) is 0.581. The van der Waals surface area contributed by atoms with Crippen LogP contribution >= 0.6 is 0 Å². The highest BCUT2D eigenvalue weighted by molar-refractivity contribution is 5.97. The van der Waals surface area contributed by atoms with Gasteiger partial charge in [0.1, 0.15) is 12.4 Å². The highest BCUT2D eigenvalue weighted by Crippen LogP contribution is 2.08. The first kappa shape index (κ1) is 14.8. The summed E-state index contributed by atoms with van der Waals surface area (Å²) in [6.07, 6.45) is 0. The Morgan fingerprint density at radius 3 is 2.19 bits per heavy atom. The number of ketones is 1. The first-order chi connectivity index (χ1) is 10.2. The Labute approximate surface area is 123 Å². The molecule has 0 fully saturated rings. The number of Topliss-reactive ketones (excluding diaryl/α,β-unsaturated/α-hetero) is 1. The molecular formula is C17H17NO3. The fraction of sp³-hybridized carbons (Fsp3) is 0.176. The van der Waals surface area contributed by atoms with Crippen LogP contribution in [0.15, 0.2) is 54.6 Å². The van der Waals surface area contributed by atoms with Gasteiger partial charge in [0.15, 0.2) is 5.78 Å². The largest absolute Gasteiger partial charge is 0.492 e.